The Bertz CT molecular complexity index is 765. The van der Waals surface area contributed by atoms with Crippen molar-refractivity contribution in [1.82, 2.24) is 24.7 Å². The van der Waals surface area contributed by atoms with Gasteiger partial charge in [-0.3, -0.25) is 19.6 Å². The van der Waals surface area contributed by atoms with Gasteiger partial charge in [0.25, 0.3) is 0 Å². The maximum Gasteiger partial charge on any atom is 0.246 e. The number of nitrogens with zero attached hydrogens (tertiary/aromatic N) is 6. The molecule has 1 aromatic heterocycles. The van der Waals surface area contributed by atoms with Crippen LogP contribution in [0.5, 0.6) is 0 Å². The van der Waals surface area contributed by atoms with Gasteiger partial charge in [-0.1, -0.05) is 11.6 Å². The normalized spacial score (nSPS) is 28.5. The lowest BCUT2D eigenvalue weighted by Crippen LogP contribution is -2.63. The van der Waals surface area contributed by atoms with Gasteiger partial charge < -0.3 is 10.0 Å². The maximum absolute atomic E-state index is 13.5. The molecule has 8 nitrogen and oxygen atoms in total. The van der Waals surface area contributed by atoms with Gasteiger partial charge in [-0.05, 0) is 25.1 Å². The summed E-state index contributed by atoms with van der Waals surface area (Å²) in [5, 5.41) is 17.4. The Morgan fingerprint density at radius 2 is 2.22 bits per heavy atom. The van der Waals surface area contributed by atoms with E-state index in [0.29, 0.717) is 43.5 Å². The van der Waals surface area contributed by atoms with Crippen molar-refractivity contribution >= 4 is 23.3 Å². The number of likely N-dealkylation sites (N-methyl/N-ethyl adjacent to an activating group) is 1. The predicted molar refractivity (Wildman–Crippen MR) is 97.4 cm³/mol. The average molecular weight is 397 g/mol. The van der Waals surface area contributed by atoms with Crippen LogP contribution in [0.15, 0.2) is 23.6 Å². The van der Waals surface area contributed by atoms with Crippen molar-refractivity contribution in [3.05, 3.63) is 29.0 Å². The molecule has 3 aliphatic heterocycles. The molecule has 2 fully saturated rings. The minimum atomic E-state index is -1.06. The van der Waals surface area contributed by atoms with Gasteiger partial charge in [0.1, 0.15) is 18.0 Å². The lowest BCUT2D eigenvalue weighted by Gasteiger charge is -2.41. The molecule has 0 spiro atoms. The van der Waals surface area contributed by atoms with Crippen LogP contribution < -0.4 is 0 Å². The highest BCUT2D eigenvalue weighted by Gasteiger charge is 2.46. The van der Waals surface area contributed by atoms with Crippen LogP contribution in [-0.2, 0) is 11.3 Å². The number of hydrogen-bond donors (Lipinski definition) is 1. The molecule has 0 bridgehead atoms. The van der Waals surface area contributed by atoms with Gasteiger partial charge in [0.2, 0.25) is 12.3 Å². The number of alkyl halides is 1. The Morgan fingerprint density at radius 1 is 1.41 bits per heavy atom. The van der Waals surface area contributed by atoms with Crippen LogP contribution in [0, 0.1) is 0 Å². The van der Waals surface area contributed by atoms with Crippen molar-refractivity contribution in [1.29, 1.82) is 0 Å². The topological polar surface area (TPSA) is 75.5 Å². The van der Waals surface area contributed by atoms with E-state index in [2.05, 4.69) is 10.1 Å². The number of amidine groups is 1. The first-order valence-electron chi connectivity index (χ1n) is 8.93. The number of hydrogen-bond acceptors (Lipinski definition) is 7. The van der Waals surface area contributed by atoms with Gasteiger partial charge in [-0.2, -0.15) is 5.10 Å². The molecule has 1 amide bonds. The van der Waals surface area contributed by atoms with Gasteiger partial charge >= 0.3 is 0 Å². The second-order valence-electron chi connectivity index (χ2n) is 7.26. The number of aliphatic hydroxyl groups is 1. The van der Waals surface area contributed by atoms with Crippen LogP contribution in [-0.4, -0.2) is 93.3 Å². The monoisotopic (exact) mass is 396 g/mol. The molecule has 2 unspecified atom stereocenters. The van der Waals surface area contributed by atoms with E-state index in [4.69, 9.17) is 11.6 Å². The molecular weight excluding hydrogens is 375 g/mol. The fourth-order valence-electron chi connectivity index (χ4n) is 3.84. The molecule has 1 N–H and O–H groups in total. The first kappa shape index (κ1) is 18.4. The fourth-order valence-corrected chi connectivity index (χ4v) is 4.04. The van der Waals surface area contributed by atoms with Crippen molar-refractivity contribution < 1.29 is 14.3 Å². The first-order chi connectivity index (χ1) is 12.9. The quantitative estimate of drug-likeness (QED) is 0.793. The fraction of sp³-hybridized carbons (Fsp3) is 0.588. The lowest BCUT2D eigenvalue weighted by atomic mass is 10.1. The first-order valence-corrected chi connectivity index (χ1v) is 9.31. The van der Waals surface area contributed by atoms with Gasteiger partial charge in [-0.15, -0.1) is 0 Å². The van der Waals surface area contributed by atoms with Crippen molar-refractivity contribution in [3.63, 3.8) is 0 Å². The number of carbonyl (C=O) groups excluding carboxylic acids is 1. The molecule has 4 rings (SSSR count). The van der Waals surface area contributed by atoms with Crippen LogP contribution in [0.4, 0.5) is 4.39 Å². The maximum atomic E-state index is 13.5. The van der Waals surface area contributed by atoms with E-state index in [1.54, 1.807) is 28.3 Å². The lowest BCUT2D eigenvalue weighted by molar-refractivity contribution is -0.144. The zero-order valence-corrected chi connectivity index (χ0v) is 15.8. The van der Waals surface area contributed by atoms with E-state index in [9.17, 15) is 14.3 Å². The molecule has 0 radical (unpaired) electrons. The number of piperazine rings is 1. The number of hydrazone groups is 1. The number of amides is 1. The van der Waals surface area contributed by atoms with Gasteiger partial charge in [0.15, 0.2) is 0 Å². The van der Waals surface area contributed by atoms with Crippen LogP contribution >= 0.6 is 11.6 Å². The van der Waals surface area contributed by atoms with Crippen LogP contribution in [0.3, 0.4) is 0 Å². The SMILES string of the molecule is CN1CC2=NN(Cc3cncc(Cl)c3)C(O)N2C(C(=O)N2CC[C@H](F)C2)C1. The van der Waals surface area contributed by atoms with Gasteiger partial charge in [-0.25, -0.2) is 9.40 Å². The molecule has 3 atom stereocenters. The summed E-state index contributed by atoms with van der Waals surface area (Å²) < 4.78 is 13.5. The molecule has 4 heterocycles. The number of rotatable bonds is 3. The van der Waals surface area contributed by atoms with E-state index in [0.717, 1.165) is 5.56 Å². The highest BCUT2D eigenvalue weighted by molar-refractivity contribution is 6.30. The van der Waals surface area contributed by atoms with Crippen LogP contribution in [0.2, 0.25) is 5.02 Å². The number of carbonyl (C=O) groups is 1. The van der Waals surface area contributed by atoms with Gasteiger partial charge in [0, 0.05) is 25.5 Å². The summed E-state index contributed by atoms with van der Waals surface area (Å²) in [4.78, 5) is 22.2. The number of pyridine rings is 1. The standard InChI is InChI=1S/C17H22ClFN6O2/c1-22-9-14(16(26)23-3-2-13(19)8-23)25-15(10-22)21-24(17(25)27)7-11-4-12(18)6-20-5-11/h4-6,13-14,17,27H,2-3,7-10H2,1H3/t13-,14?,17?/m0/s1. The van der Waals surface area contributed by atoms with E-state index in [1.165, 1.54) is 5.01 Å². The summed E-state index contributed by atoms with van der Waals surface area (Å²) in [7, 11) is 1.90. The molecule has 0 saturated carbocycles. The van der Waals surface area contributed by atoms with Crippen molar-refractivity contribution in [2.75, 3.05) is 33.2 Å². The zero-order chi connectivity index (χ0) is 19.1. The predicted octanol–water partition coefficient (Wildman–Crippen LogP) is 0.326. The van der Waals surface area contributed by atoms with Crippen molar-refractivity contribution in [2.45, 2.75) is 31.5 Å². The Balaban J connectivity index is 1.53. The number of halogens is 2. The Hall–Kier alpha value is -1.97. The molecule has 146 valence electrons. The number of fused-ring (bicyclic) bond motifs is 1. The summed E-state index contributed by atoms with van der Waals surface area (Å²) in [6.45, 7) is 1.82. The molecule has 3 aliphatic rings. The van der Waals surface area contributed by atoms with E-state index >= 15 is 0 Å². The molecule has 2 saturated heterocycles. The van der Waals surface area contributed by atoms with Crippen LogP contribution in [0.25, 0.3) is 0 Å². The minimum Gasteiger partial charge on any atom is -0.355 e. The molecular formula is C17H22ClFN6O2. The number of aromatic nitrogens is 1. The summed E-state index contributed by atoms with van der Waals surface area (Å²) in [5.74, 6) is 0.459. The smallest absolute Gasteiger partial charge is 0.246 e. The zero-order valence-electron chi connectivity index (χ0n) is 15.0. The summed E-state index contributed by atoms with van der Waals surface area (Å²) in [5.41, 5.74) is 0.807. The molecule has 1 aromatic rings. The third-order valence-electron chi connectivity index (χ3n) is 5.12. The Labute approximate surface area is 161 Å². The third kappa shape index (κ3) is 3.59. The number of likely N-dealkylation sites (tertiary alicyclic amines) is 1. The average Bonchev–Trinajstić information content (AvgIpc) is 3.18. The van der Waals surface area contributed by atoms with E-state index in [1.807, 2.05) is 11.9 Å². The van der Waals surface area contributed by atoms with E-state index < -0.39 is 18.6 Å². The second-order valence-corrected chi connectivity index (χ2v) is 7.70. The summed E-state index contributed by atoms with van der Waals surface area (Å²) in [6.07, 6.45) is 1.53. The molecule has 10 heteroatoms. The highest BCUT2D eigenvalue weighted by atomic mass is 35.5. The van der Waals surface area contributed by atoms with Gasteiger partial charge in [0.05, 0.1) is 24.7 Å². The molecule has 0 aliphatic carbocycles. The number of aliphatic hydroxyl groups excluding tert-OH is 1. The highest BCUT2D eigenvalue weighted by Crippen LogP contribution is 2.27. The summed E-state index contributed by atoms with van der Waals surface area (Å²) in [6, 6.07) is 1.17. The Kier molecular flexibility index (Phi) is 4.92. The third-order valence-corrected chi connectivity index (χ3v) is 5.33. The molecule has 27 heavy (non-hydrogen) atoms. The largest absolute Gasteiger partial charge is 0.355 e. The van der Waals surface area contributed by atoms with E-state index in [-0.39, 0.29) is 12.5 Å². The van der Waals surface area contributed by atoms with Crippen molar-refractivity contribution in [2.24, 2.45) is 5.10 Å². The Morgan fingerprint density at radius 3 is 2.93 bits per heavy atom. The summed E-state index contributed by atoms with van der Waals surface area (Å²) >= 11 is 5.98. The second kappa shape index (κ2) is 7.21. The van der Waals surface area contributed by atoms with Crippen molar-refractivity contribution in [3.8, 4) is 0 Å². The van der Waals surface area contributed by atoms with Crippen LogP contribution in [0.1, 0.15) is 12.0 Å². The minimum absolute atomic E-state index is 0.118. The molecule has 0 aromatic carbocycles.